The first-order valence-corrected chi connectivity index (χ1v) is 10.4. The molecule has 2 aliphatic rings. The highest BCUT2D eigenvalue weighted by atomic mass is 16.5. The molecule has 2 saturated heterocycles. The molecule has 3 N–H and O–H groups in total. The number of carboxylic acid groups (broad SMARTS) is 1. The van der Waals surface area contributed by atoms with Gasteiger partial charge in [0.2, 0.25) is 11.8 Å². The Bertz CT molecular complexity index is 1240. The normalized spacial score (nSPS) is 26.7. The van der Waals surface area contributed by atoms with Crippen LogP contribution in [0.2, 0.25) is 0 Å². The topological polar surface area (TPSA) is 105 Å². The Hall–Kier alpha value is -3.71. The van der Waals surface area contributed by atoms with Crippen LogP contribution in [0.3, 0.4) is 0 Å². The molecule has 0 radical (unpaired) electrons. The van der Waals surface area contributed by atoms with Crippen molar-refractivity contribution in [2.24, 2.45) is 11.8 Å². The van der Waals surface area contributed by atoms with Crippen LogP contribution in [0.5, 0.6) is 5.75 Å². The van der Waals surface area contributed by atoms with E-state index in [2.05, 4.69) is 10.6 Å². The first kappa shape index (κ1) is 20.2. The number of fused-ring (bicyclic) bond motifs is 2. The van der Waals surface area contributed by atoms with Gasteiger partial charge in [0.25, 0.3) is 0 Å². The highest BCUT2D eigenvalue weighted by molar-refractivity contribution is 6.10. The number of rotatable bonds is 5. The van der Waals surface area contributed by atoms with Crippen LogP contribution < -0.4 is 15.4 Å². The molecule has 7 nitrogen and oxygen atoms in total. The smallest absolute Gasteiger partial charge is 0.325 e. The zero-order valence-corrected chi connectivity index (χ0v) is 17.4. The monoisotopic (exact) mass is 430 g/mol. The molecule has 2 fully saturated rings. The van der Waals surface area contributed by atoms with E-state index in [1.54, 1.807) is 13.2 Å². The average Bonchev–Trinajstić information content (AvgIpc) is 3.30. The third-order valence-corrected chi connectivity index (χ3v) is 6.67. The number of ether oxygens (including phenoxy) is 1. The quantitative estimate of drug-likeness (QED) is 0.537. The molecule has 3 aromatic carbocycles. The number of carbonyl (C=O) groups excluding carboxylic acids is 2. The summed E-state index contributed by atoms with van der Waals surface area (Å²) in [6.45, 7) is 0. The fourth-order valence-electron chi connectivity index (χ4n) is 5.29. The lowest BCUT2D eigenvalue weighted by atomic mass is 9.76. The third kappa shape index (κ3) is 2.89. The molecular formula is C25H22N2O5. The first-order valence-electron chi connectivity index (χ1n) is 10.4. The van der Waals surface area contributed by atoms with Gasteiger partial charge in [-0.1, -0.05) is 60.7 Å². The highest BCUT2D eigenvalue weighted by Crippen LogP contribution is 2.49. The Balaban J connectivity index is 1.68. The molecule has 0 saturated carbocycles. The number of methoxy groups -OCH3 is 1. The molecule has 0 aliphatic carbocycles. The number of imide groups is 1. The van der Waals surface area contributed by atoms with Crippen molar-refractivity contribution in [3.05, 3.63) is 77.9 Å². The second-order valence-corrected chi connectivity index (χ2v) is 8.32. The van der Waals surface area contributed by atoms with Gasteiger partial charge in [-0.2, -0.15) is 0 Å². The van der Waals surface area contributed by atoms with Crippen molar-refractivity contribution < 1.29 is 24.2 Å². The van der Waals surface area contributed by atoms with Crippen molar-refractivity contribution in [2.75, 3.05) is 7.11 Å². The Morgan fingerprint density at radius 2 is 1.66 bits per heavy atom. The summed E-state index contributed by atoms with van der Waals surface area (Å²) < 4.78 is 5.48. The lowest BCUT2D eigenvalue weighted by molar-refractivity contribution is -0.149. The minimum Gasteiger partial charge on any atom is -0.496 e. The van der Waals surface area contributed by atoms with Crippen molar-refractivity contribution >= 4 is 28.6 Å². The van der Waals surface area contributed by atoms with Crippen molar-refractivity contribution in [3.63, 3.8) is 0 Å². The van der Waals surface area contributed by atoms with Crippen molar-refractivity contribution in [2.45, 2.75) is 18.0 Å². The molecule has 2 heterocycles. The molecule has 4 atom stereocenters. The number of amides is 2. The number of nitrogens with one attached hydrogen (secondary N) is 2. The van der Waals surface area contributed by atoms with Crippen molar-refractivity contribution in [1.82, 2.24) is 10.6 Å². The van der Waals surface area contributed by atoms with E-state index < -0.39 is 41.2 Å². The Morgan fingerprint density at radius 3 is 2.34 bits per heavy atom. The predicted octanol–water partition coefficient (Wildman–Crippen LogP) is 2.45. The van der Waals surface area contributed by atoms with E-state index in [4.69, 9.17) is 4.74 Å². The van der Waals surface area contributed by atoms with Crippen LogP contribution in [0, 0.1) is 11.8 Å². The van der Waals surface area contributed by atoms with E-state index in [9.17, 15) is 19.5 Å². The first-order chi connectivity index (χ1) is 15.5. The van der Waals surface area contributed by atoms with Crippen molar-refractivity contribution in [3.8, 4) is 5.75 Å². The maximum Gasteiger partial charge on any atom is 0.325 e. The minimum absolute atomic E-state index is 0.0790. The number of aliphatic carboxylic acids is 1. The van der Waals surface area contributed by atoms with Crippen LogP contribution in [-0.4, -0.2) is 35.5 Å². The van der Waals surface area contributed by atoms with Gasteiger partial charge >= 0.3 is 5.97 Å². The third-order valence-electron chi connectivity index (χ3n) is 6.67. The summed E-state index contributed by atoms with van der Waals surface area (Å²) in [4.78, 5) is 38.4. The molecule has 0 bridgehead atoms. The van der Waals surface area contributed by atoms with Gasteiger partial charge in [0.05, 0.1) is 18.9 Å². The summed E-state index contributed by atoms with van der Waals surface area (Å²) in [7, 11) is 1.59. The van der Waals surface area contributed by atoms with E-state index in [1.165, 1.54) is 0 Å². The van der Waals surface area contributed by atoms with Crippen LogP contribution in [0.4, 0.5) is 0 Å². The van der Waals surface area contributed by atoms with E-state index >= 15 is 0 Å². The minimum atomic E-state index is -1.62. The SMILES string of the molecule is COc1ccc(C2NC(Cc3ccccc3)(C(=O)O)C3C(=O)NC(=O)C23)c2ccccc12. The Kier molecular flexibility index (Phi) is 4.71. The molecule has 4 unspecified atom stereocenters. The summed E-state index contributed by atoms with van der Waals surface area (Å²) in [5.74, 6) is -3.33. The van der Waals surface area contributed by atoms with Gasteiger partial charge in [-0.25, -0.2) is 0 Å². The number of benzene rings is 3. The molecule has 0 spiro atoms. The summed E-state index contributed by atoms with van der Waals surface area (Å²) >= 11 is 0. The number of carboxylic acids is 1. The summed E-state index contributed by atoms with van der Waals surface area (Å²) in [5, 5.41) is 17.7. The number of carbonyl (C=O) groups is 3. The largest absolute Gasteiger partial charge is 0.496 e. The van der Waals surface area contributed by atoms with Gasteiger partial charge in [0.1, 0.15) is 11.3 Å². The van der Waals surface area contributed by atoms with Crippen LogP contribution in [0.15, 0.2) is 66.7 Å². The average molecular weight is 430 g/mol. The molecule has 0 aromatic heterocycles. The Labute approximate surface area is 184 Å². The zero-order chi connectivity index (χ0) is 22.5. The maximum absolute atomic E-state index is 12.9. The second-order valence-electron chi connectivity index (χ2n) is 8.32. The van der Waals surface area contributed by atoms with Gasteiger partial charge < -0.3 is 9.84 Å². The molecule has 32 heavy (non-hydrogen) atoms. The number of hydrogen-bond donors (Lipinski definition) is 3. The van der Waals surface area contributed by atoms with E-state index in [0.29, 0.717) is 5.75 Å². The van der Waals surface area contributed by atoms with Crippen LogP contribution in [-0.2, 0) is 20.8 Å². The summed E-state index contributed by atoms with van der Waals surface area (Å²) in [6.07, 6.45) is 0.0790. The fourth-order valence-corrected chi connectivity index (χ4v) is 5.29. The van der Waals surface area contributed by atoms with Gasteiger partial charge in [-0.05, 0) is 22.6 Å². The summed E-state index contributed by atoms with van der Waals surface area (Å²) in [5.41, 5.74) is -0.0838. The summed E-state index contributed by atoms with van der Waals surface area (Å²) in [6, 6.07) is 19.7. The molecule has 3 aromatic rings. The maximum atomic E-state index is 12.9. The Morgan fingerprint density at radius 1 is 0.969 bits per heavy atom. The van der Waals surface area contributed by atoms with Gasteiger partial charge in [-0.15, -0.1) is 0 Å². The standard InChI is InChI=1S/C25H22N2O5/c1-32-18-12-11-17(15-9-5-6-10-16(15)18)21-19-20(23(29)26-22(19)28)25(27-21,24(30)31)13-14-7-3-2-4-8-14/h2-12,19-21,27H,13H2,1H3,(H,30,31)(H,26,28,29). The predicted molar refractivity (Wildman–Crippen MR) is 117 cm³/mol. The highest BCUT2D eigenvalue weighted by Gasteiger charge is 2.66. The van der Waals surface area contributed by atoms with Crippen LogP contribution in [0.1, 0.15) is 17.2 Å². The molecule has 2 amide bonds. The van der Waals surface area contributed by atoms with Crippen LogP contribution in [0.25, 0.3) is 10.8 Å². The molecular weight excluding hydrogens is 408 g/mol. The van der Waals surface area contributed by atoms with Crippen LogP contribution >= 0.6 is 0 Å². The van der Waals surface area contributed by atoms with Crippen molar-refractivity contribution in [1.29, 1.82) is 0 Å². The molecule has 2 aliphatic heterocycles. The number of hydrogen-bond acceptors (Lipinski definition) is 5. The second kappa shape index (κ2) is 7.46. The lowest BCUT2D eigenvalue weighted by Gasteiger charge is -2.30. The van der Waals surface area contributed by atoms with Gasteiger partial charge in [-0.3, -0.25) is 25.0 Å². The van der Waals surface area contributed by atoms with Gasteiger partial charge in [0, 0.05) is 17.8 Å². The van der Waals surface area contributed by atoms with E-state index in [0.717, 1.165) is 21.9 Å². The molecule has 7 heteroatoms. The van der Waals surface area contributed by atoms with Gasteiger partial charge in [0.15, 0.2) is 0 Å². The molecule has 162 valence electrons. The zero-order valence-electron chi connectivity index (χ0n) is 17.4. The van der Waals surface area contributed by atoms with E-state index in [1.807, 2.05) is 60.7 Å². The van der Waals surface area contributed by atoms with E-state index in [-0.39, 0.29) is 6.42 Å². The lowest BCUT2D eigenvalue weighted by Crippen LogP contribution is -2.57. The molecule has 5 rings (SSSR count). The fraction of sp³-hybridized carbons (Fsp3) is 0.240.